The molecule has 1 aromatic heterocycles. The van der Waals surface area contributed by atoms with E-state index in [0.29, 0.717) is 5.69 Å². The molecule has 0 saturated heterocycles. The van der Waals surface area contributed by atoms with Gasteiger partial charge in [-0.1, -0.05) is 12.2 Å². The van der Waals surface area contributed by atoms with Gasteiger partial charge in [0.25, 0.3) is 0 Å². The van der Waals surface area contributed by atoms with Crippen molar-refractivity contribution >= 4 is 28.6 Å². The van der Waals surface area contributed by atoms with Gasteiger partial charge in [-0.15, -0.1) is 0 Å². The number of thiocarbonyl (C=S) groups is 1. The third-order valence-corrected chi connectivity index (χ3v) is 2.96. The standard InChI is InChI=1S/C13H14F2N4S/c1-7(2)19-6-9(5-17-19)18-12-10(14)3-8(13(16)20)4-11(12)15/h3-7,18H,1-2H3,(H2,16,20). The van der Waals surface area contributed by atoms with E-state index in [-0.39, 0.29) is 22.3 Å². The van der Waals surface area contributed by atoms with Crippen molar-refractivity contribution < 1.29 is 8.78 Å². The largest absolute Gasteiger partial charge is 0.389 e. The lowest BCUT2D eigenvalue weighted by Crippen LogP contribution is -2.11. The molecule has 20 heavy (non-hydrogen) atoms. The summed E-state index contributed by atoms with van der Waals surface area (Å²) >= 11 is 4.70. The van der Waals surface area contributed by atoms with Crippen molar-refractivity contribution in [3.63, 3.8) is 0 Å². The van der Waals surface area contributed by atoms with Crippen LogP contribution in [0.25, 0.3) is 0 Å². The molecule has 0 aliphatic carbocycles. The highest BCUT2D eigenvalue weighted by molar-refractivity contribution is 7.80. The van der Waals surface area contributed by atoms with Crippen LogP contribution in [0.2, 0.25) is 0 Å². The van der Waals surface area contributed by atoms with E-state index in [4.69, 9.17) is 18.0 Å². The molecule has 0 unspecified atom stereocenters. The zero-order valence-corrected chi connectivity index (χ0v) is 11.8. The minimum absolute atomic E-state index is 0.0537. The quantitative estimate of drug-likeness (QED) is 0.851. The second kappa shape index (κ2) is 5.54. The fraction of sp³-hybridized carbons (Fsp3) is 0.231. The number of benzene rings is 1. The van der Waals surface area contributed by atoms with Crippen LogP contribution in [-0.2, 0) is 0 Å². The molecular formula is C13H14F2N4S. The third kappa shape index (κ3) is 2.93. The zero-order chi connectivity index (χ0) is 14.9. The van der Waals surface area contributed by atoms with Gasteiger partial charge >= 0.3 is 0 Å². The Balaban J connectivity index is 2.31. The molecule has 0 amide bonds. The van der Waals surface area contributed by atoms with Crippen molar-refractivity contribution in [3.05, 3.63) is 41.7 Å². The summed E-state index contributed by atoms with van der Waals surface area (Å²) in [6.45, 7) is 3.91. The number of halogens is 2. The Morgan fingerprint density at radius 1 is 1.35 bits per heavy atom. The van der Waals surface area contributed by atoms with Gasteiger partial charge in [0.2, 0.25) is 0 Å². The number of anilines is 2. The monoisotopic (exact) mass is 296 g/mol. The minimum atomic E-state index is -0.759. The van der Waals surface area contributed by atoms with Crippen LogP contribution in [0.3, 0.4) is 0 Å². The fourth-order valence-corrected chi connectivity index (χ4v) is 1.78. The molecule has 1 aromatic carbocycles. The van der Waals surface area contributed by atoms with E-state index in [0.717, 1.165) is 12.1 Å². The topological polar surface area (TPSA) is 55.9 Å². The molecule has 2 aromatic rings. The van der Waals surface area contributed by atoms with Gasteiger partial charge in [0.1, 0.15) is 22.3 Å². The normalized spacial score (nSPS) is 10.8. The van der Waals surface area contributed by atoms with Gasteiger partial charge in [-0.3, -0.25) is 4.68 Å². The molecule has 4 nitrogen and oxygen atoms in total. The number of nitrogens with one attached hydrogen (secondary N) is 1. The smallest absolute Gasteiger partial charge is 0.150 e. The number of nitrogens with two attached hydrogens (primary N) is 1. The van der Waals surface area contributed by atoms with E-state index >= 15 is 0 Å². The van der Waals surface area contributed by atoms with Crippen LogP contribution < -0.4 is 11.1 Å². The highest BCUT2D eigenvalue weighted by Crippen LogP contribution is 2.25. The summed E-state index contributed by atoms with van der Waals surface area (Å²) in [6, 6.07) is 2.36. The molecule has 0 spiro atoms. The van der Waals surface area contributed by atoms with Crippen LogP contribution in [-0.4, -0.2) is 14.8 Å². The molecule has 0 radical (unpaired) electrons. The molecule has 0 aliphatic rings. The average Bonchev–Trinajstić information content (AvgIpc) is 2.82. The maximum Gasteiger partial charge on any atom is 0.150 e. The van der Waals surface area contributed by atoms with E-state index in [2.05, 4.69) is 10.4 Å². The van der Waals surface area contributed by atoms with Gasteiger partial charge in [0, 0.05) is 17.8 Å². The first-order chi connectivity index (χ1) is 9.38. The summed E-state index contributed by atoms with van der Waals surface area (Å²) in [5.41, 5.74) is 5.75. The summed E-state index contributed by atoms with van der Waals surface area (Å²) in [7, 11) is 0. The number of hydrogen-bond acceptors (Lipinski definition) is 3. The van der Waals surface area contributed by atoms with Gasteiger partial charge in [-0.05, 0) is 26.0 Å². The number of aromatic nitrogens is 2. The fourth-order valence-electron chi connectivity index (χ4n) is 1.66. The van der Waals surface area contributed by atoms with Crippen LogP contribution in [0.1, 0.15) is 25.5 Å². The van der Waals surface area contributed by atoms with Crippen LogP contribution in [0.5, 0.6) is 0 Å². The lowest BCUT2D eigenvalue weighted by atomic mass is 10.2. The SMILES string of the molecule is CC(C)n1cc(Nc2c(F)cc(C(N)=S)cc2F)cn1. The van der Waals surface area contributed by atoms with Crippen molar-refractivity contribution in [2.24, 2.45) is 5.73 Å². The summed E-state index contributed by atoms with van der Waals surface area (Å²) in [6.07, 6.45) is 3.17. The van der Waals surface area contributed by atoms with Gasteiger partial charge in [0.05, 0.1) is 11.9 Å². The molecule has 0 fully saturated rings. The Labute approximate surface area is 120 Å². The second-order valence-electron chi connectivity index (χ2n) is 4.61. The third-order valence-electron chi connectivity index (χ3n) is 2.73. The van der Waals surface area contributed by atoms with Crippen molar-refractivity contribution in [2.75, 3.05) is 5.32 Å². The first-order valence-corrected chi connectivity index (χ1v) is 6.39. The van der Waals surface area contributed by atoms with E-state index < -0.39 is 11.6 Å². The number of hydrogen-bond donors (Lipinski definition) is 2. The summed E-state index contributed by atoms with van der Waals surface area (Å²) in [4.78, 5) is -0.0537. The van der Waals surface area contributed by atoms with Gasteiger partial charge < -0.3 is 11.1 Å². The molecule has 7 heteroatoms. The maximum absolute atomic E-state index is 13.9. The molecule has 106 valence electrons. The van der Waals surface area contributed by atoms with Crippen LogP contribution >= 0.6 is 12.2 Å². The lowest BCUT2D eigenvalue weighted by Gasteiger charge is -2.09. The number of rotatable bonds is 4. The predicted octanol–water partition coefficient (Wildman–Crippen LogP) is 3.12. The zero-order valence-electron chi connectivity index (χ0n) is 11.0. The Kier molecular flexibility index (Phi) is 3.99. The van der Waals surface area contributed by atoms with Gasteiger partial charge in [-0.2, -0.15) is 5.10 Å². The van der Waals surface area contributed by atoms with Crippen molar-refractivity contribution in [3.8, 4) is 0 Å². The number of nitrogens with zero attached hydrogens (tertiary/aromatic N) is 2. The van der Waals surface area contributed by atoms with Crippen molar-refractivity contribution in [1.29, 1.82) is 0 Å². The molecule has 0 saturated carbocycles. The highest BCUT2D eigenvalue weighted by atomic mass is 32.1. The van der Waals surface area contributed by atoms with Gasteiger partial charge in [0.15, 0.2) is 0 Å². The molecular weight excluding hydrogens is 282 g/mol. The highest BCUT2D eigenvalue weighted by Gasteiger charge is 2.13. The first-order valence-electron chi connectivity index (χ1n) is 5.98. The Hall–Kier alpha value is -2.02. The molecule has 3 N–H and O–H groups in total. The summed E-state index contributed by atoms with van der Waals surface area (Å²) in [5.74, 6) is -1.52. The average molecular weight is 296 g/mol. The first kappa shape index (κ1) is 14.4. The molecule has 2 rings (SSSR count). The van der Waals surface area contributed by atoms with Gasteiger partial charge in [-0.25, -0.2) is 8.78 Å². The second-order valence-corrected chi connectivity index (χ2v) is 5.05. The van der Waals surface area contributed by atoms with E-state index in [9.17, 15) is 8.78 Å². The lowest BCUT2D eigenvalue weighted by molar-refractivity contribution is 0.532. The Morgan fingerprint density at radius 3 is 2.40 bits per heavy atom. The molecule has 0 atom stereocenters. The summed E-state index contributed by atoms with van der Waals surface area (Å²) < 4.78 is 29.4. The Morgan fingerprint density at radius 2 is 1.95 bits per heavy atom. The van der Waals surface area contributed by atoms with E-state index in [1.807, 2.05) is 13.8 Å². The van der Waals surface area contributed by atoms with E-state index in [1.165, 1.54) is 6.20 Å². The molecule has 0 bridgehead atoms. The summed E-state index contributed by atoms with van der Waals surface area (Å²) in [5, 5.41) is 6.75. The molecule has 0 aliphatic heterocycles. The van der Waals surface area contributed by atoms with Crippen LogP contribution in [0.15, 0.2) is 24.5 Å². The van der Waals surface area contributed by atoms with E-state index in [1.54, 1.807) is 10.9 Å². The maximum atomic E-state index is 13.9. The molecule has 1 heterocycles. The van der Waals surface area contributed by atoms with Crippen LogP contribution in [0, 0.1) is 11.6 Å². The Bertz CT molecular complexity index is 629. The van der Waals surface area contributed by atoms with Crippen LogP contribution in [0.4, 0.5) is 20.2 Å². The minimum Gasteiger partial charge on any atom is -0.389 e. The predicted molar refractivity (Wildman–Crippen MR) is 78.1 cm³/mol. The van der Waals surface area contributed by atoms with Crippen molar-refractivity contribution in [2.45, 2.75) is 19.9 Å². The van der Waals surface area contributed by atoms with Crippen molar-refractivity contribution in [1.82, 2.24) is 9.78 Å².